The van der Waals surface area contributed by atoms with Crippen molar-refractivity contribution in [2.45, 2.75) is 66.4 Å². The summed E-state index contributed by atoms with van der Waals surface area (Å²) in [4.78, 5) is 43.2. The Balaban J connectivity index is 1.99. The molecule has 0 spiro atoms. The third-order valence-corrected chi connectivity index (χ3v) is 5.84. The SMILES string of the molecule is CC1=CC(C)=NC(=O)C1CCC(=O)c1cc(Cl)cc(N(C)CCCNC(=O)OC(C)(C)C)c1C. The number of nitrogens with one attached hydrogen (secondary N) is 1. The molecule has 0 radical (unpaired) electrons. The molecule has 0 aliphatic carbocycles. The van der Waals surface area contributed by atoms with Crippen LogP contribution >= 0.6 is 11.6 Å². The molecule has 1 aromatic rings. The summed E-state index contributed by atoms with van der Waals surface area (Å²) in [5.74, 6) is -0.589. The van der Waals surface area contributed by atoms with Gasteiger partial charge in [-0.2, -0.15) is 0 Å². The molecule has 186 valence electrons. The Morgan fingerprint density at radius 3 is 2.50 bits per heavy atom. The molecule has 1 aliphatic heterocycles. The standard InChI is InChI=1S/C26H36ClN3O4/c1-16-13-17(2)29-24(32)20(16)9-10-23(31)21-14-19(27)15-22(18(21)3)30(7)12-8-11-28-25(33)34-26(4,5)6/h13-15,20H,8-12H2,1-7H3,(H,28,33). The van der Waals surface area contributed by atoms with Gasteiger partial charge in [0.1, 0.15) is 5.60 Å². The predicted molar refractivity (Wildman–Crippen MR) is 137 cm³/mol. The molecule has 0 fully saturated rings. The average molecular weight is 490 g/mol. The number of allylic oxidation sites excluding steroid dienone is 1. The van der Waals surface area contributed by atoms with Crippen LogP contribution in [0.5, 0.6) is 0 Å². The number of alkyl carbamates (subject to hydrolysis) is 1. The third-order valence-electron chi connectivity index (χ3n) is 5.63. The number of ether oxygens (including phenoxy) is 1. The number of ketones is 1. The number of amides is 2. The minimum Gasteiger partial charge on any atom is -0.444 e. The number of hydrogen-bond acceptors (Lipinski definition) is 5. The Morgan fingerprint density at radius 1 is 1.21 bits per heavy atom. The van der Waals surface area contributed by atoms with Crippen LogP contribution in [0.2, 0.25) is 5.02 Å². The van der Waals surface area contributed by atoms with Gasteiger partial charge in [0.15, 0.2) is 5.78 Å². The van der Waals surface area contributed by atoms with Crippen LogP contribution in [0.1, 0.15) is 69.8 Å². The van der Waals surface area contributed by atoms with E-state index in [1.54, 1.807) is 13.0 Å². The lowest BCUT2D eigenvalue weighted by atomic mass is 9.89. The molecule has 1 atom stereocenters. The third kappa shape index (κ3) is 7.97. The Bertz CT molecular complexity index is 1010. The van der Waals surface area contributed by atoms with E-state index in [4.69, 9.17) is 16.3 Å². The molecule has 0 aromatic heterocycles. The first-order valence-corrected chi connectivity index (χ1v) is 11.9. The normalized spacial score (nSPS) is 16.0. The molecule has 1 heterocycles. The first kappa shape index (κ1) is 27.6. The van der Waals surface area contributed by atoms with Crippen molar-refractivity contribution in [3.8, 4) is 0 Å². The van der Waals surface area contributed by atoms with E-state index in [-0.39, 0.29) is 24.0 Å². The molecule has 2 rings (SSSR count). The van der Waals surface area contributed by atoms with Crippen LogP contribution in [-0.4, -0.2) is 49.2 Å². The molecule has 8 heteroatoms. The lowest BCUT2D eigenvalue weighted by Crippen LogP contribution is -2.34. The first-order valence-electron chi connectivity index (χ1n) is 11.6. The summed E-state index contributed by atoms with van der Waals surface area (Å²) in [7, 11) is 1.93. The van der Waals surface area contributed by atoms with Crippen molar-refractivity contribution in [1.29, 1.82) is 0 Å². The zero-order valence-corrected chi connectivity index (χ0v) is 22.0. The number of hydrogen-bond donors (Lipinski definition) is 1. The van der Waals surface area contributed by atoms with Gasteiger partial charge in [0, 0.05) is 48.5 Å². The average Bonchev–Trinajstić information content (AvgIpc) is 2.70. The molecule has 34 heavy (non-hydrogen) atoms. The number of rotatable bonds is 9. The van der Waals surface area contributed by atoms with E-state index in [0.29, 0.717) is 42.2 Å². The Hall–Kier alpha value is -2.67. The number of aliphatic imine (C=N–C) groups is 1. The number of benzene rings is 1. The van der Waals surface area contributed by atoms with Gasteiger partial charge in [-0.25, -0.2) is 9.79 Å². The summed E-state index contributed by atoms with van der Waals surface area (Å²) in [5.41, 5.74) is 3.36. The van der Waals surface area contributed by atoms with Crippen LogP contribution in [0, 0.1) is 12.8 Å². The maximum Gasteiger partial charge on any atom is 0.407 e. The van der Waals surface area contributed by atoms with Crippen molar-refractivity contribution < 1.29 is 19.1 Å². The fraction of sp³-hybridized carbons (Fsp3) is 0.538. The highest BCUT2D eigenvalue weighted by atomic mass is 35.5. The monoisotopic (exact) mass is 489 g/mol. The van der Waals surface area contributed by atoms with Gasteiger partial charge in [0.2, 0.25) is 0 Å². The number of dihydropyridines is 1. The maximum atomic E-state index is 13.1. The van der Waals surface area contributed by atoms with E-state index in [0.717, 1.165) is 16.8 Å². The van der Waals surface area contributed by atoms with Gasteiger partial charge < -0.3 is 15.0 Å². The summed E-state index contributed by atoms with van der Waals surface area (Å²) < 4.78 is 5.24. The molecule has 1 N–H and O–H groups in total. The molecule has 0 bridgehead atoms. The Kier molecular flexibility index (Phi) is 9.45. The highest BCUT2D eigenvalue weighted by Crippen LogP contribution is 2.30. The highest BCUT2D eigenvalue weighted by Gasteiger charge is 2.25. The van der Waals surface area contributed by atoms with Crippen molar-refractivity contribution in [2.24, 2.45) is 10.9 Å². The number of anilines is 1. The quantitative estimate of drug-likeness (QED) is 0.364. The second-order valence-electron chi connectivity index (χ2n) is 9.80. The first-order chi connectivity index (χ1) is 15.8. The van der Waals surface area contributed by atoms with Crippen LogP contribution in [0.3, 0.4) is 0 Å². The van der Waals surface area contributed by atoms with Crippen LogP contribution in [0.25, 0.3) is 0 Å². The van der Waals surface area contributed by atoms with Gasteiger partial charge in [-0.15, -0.1) is 0 Å². The molecule has 2 amide bonds. The van der Waals surface area contributed by atoms with Gasteiger partial charge in [0.25, 0.3) is 5.91 Å². The Labute approximate surface area is 207 Å². The van der Waals surface area contributed by atoms with Crippen LogP contribution in [0.15, 0.2) is 28.8 Å². The minimum absolute atomic E-state index is 0.0480. The molecule has 0 saturated heterocycles. The second-order valence-corrected chi connectivity index (χ2v) is 10.2. The number of carbonyl (C=O) groups is 3. The molecule has 1 unspecified atom stereocenters. The van der Waals surface area contributed by atoms with E-state index in [1.165, 1.54) is 0 Å². The topological polar surface area (TPSA) is 88.1 Å². The maximum absolute atomic E-state index is 13.1. The fourth-order valence-corrected chi connectivity index (χ4v) is 4.17. The molecule has 7 nitrogen and oxygen atoms in total. The van der Waals surface area contributed by atoms with Crippen molar-refractivity contribution in [3.05, 3.63) is 39.9 Å². The van der Waals surface area contributed by atoms with Crippen molar-refractivity contribution in [1.82, 2.24) is 5.32 Å². The number of halogens is 1. The van der Waals surface area contributed by atoms with Crippen molar-refractivity contribution >= 4 is 40.8 Å². The fourth-order valence-electron chi connectivity index (χ4n) is 3.96. The molecular weight excluding hydrogens is 454 g/mol. The highest BCUT2D eigenvalue weighted by molar-refractivity contribution is 6.31. The van der Waals surface area contributed by atoms with Crippen LogP contribution < -0.4 is 10.2 Å². The van der Waals surface area contributed by atoms with Crippen molar-refractivity contribution in [3.63, 3.8) is 0 Å². The summed E-state index contributed by atoms with van der Waals surface area (Å²) in [6.45, 7) is 12.2. The minimum atomic E-state index is -0.535. The molecule has 1 aromatic carbocycles. The van der Waals surface area contributed by atoms with Gasteiger partial charge in [-0.05, 0) is 78.2 Å². The van der Waals surface area contributed by atoms with E-state index in [9.17, 15) is 14.4 Å². The zero-order chi connectivity index (χ0) is 25.6. The van der Waals surface area contributed by atoms with Gasteiger partial charge in [-0.3, -0.25) is 9.59 Å². The van der Waals surface area contributed by atoms with Gasteiger partial charge in [-0.1, -0.05) is 17.2 Å². The molecular formula is C26H36ClN3O4. The zero-order valence-electron chi connectivity index (χ0n) is 21.3. The molecule has 1 aliphatic rings. The lowest BCUT2D eigenvalue weighted by molar-refractivity contribution is -0.120. The van der Waals surface area contributed by atoms with E-state index >= 15 is 0 Å². The van der Waals surface area contributed by atoms with Crippen LogP contribution in [-0.2, 0) is 9.53 Å². The summed E-state index contributed by atoms with van der Waals surface area (Å²) in [5, 5.41) is 3.23. The number of carbonyl (C=O) groups excluding carboxylic acids is 3. The Morgan fingerprint density at radius 2 is 1.88 bits per heavy atom. The number of Topliss-reactive ketones (excluding diaryl/α,β-unsaturated/α-hetero) is 1. The van der Waals surface area contributed by atoms with Gasteiger partial charge >= 0.3 is 6.09 Å². The molecule has 0 saturated carbocycles. The summed E-state index contributed by atoms with van der Waals surface area (Å²) in [6, 6.07) is 3.53. The van der Waals surface area contributed by atoms with Crippen molar-refractivity contribution in [2.75, 3.05) is 25.0 Å². The van der Waals surface area contributed by atoms with E-state index in [2.05, 4.69) is 10.3 Å². The van der Waals surface area contributed by atoms with E-state index < -0.39 is 11.7 Å². The summed E-state index contributed by atoms with van der Waals surface area (Å²) in [6.07, 6.45) is 2.81. The smallest absolute Gasteiger partial charge is 0.407 e. The van der Waals surface area contributed by atoms with Gasteiger partial charge in [0.05, 0.1) is 5.92 Å². The van der Waals surface area contributed by atoms with Crippen LogP contribution in [0.4, 0.5) is 10.5 Å². The van der Waals surface area contributed by atoms with E-state index in [1.807, 2.05) is 58.7 Å². The second kappa shape index (κ2) is 11.6. The predicted octanol–water partition coefficient (Wildman–Crippen LogP) is 5.53. The largest absolute Gasteiger partial charge is 0.444 e. The summed E-state index contributed by atoms with van der Waals surface area (Å²) >= 11 is 6.35. The lowest BCUT2D eigenvalue weighted by Gasteiger charge is -2.24. The number of nitrogens with zero attached hydrogens (tertiary/aromatic N) is 2.